The Morgan fingerprint density at radius 2 is 1.73 bits per heavy atom. The van der Waals surface area contributed by atoms with Crippen molar-refractivity contribution in [2.75, 3.05) is 19.6 Å². The first-order valence-corrected chi connectivity index (χ1v) is 6.24. The number of nitrogens with zero attached hydrogens (tertiary/aromatic N) is 1. The van der Waals surface area contributed by atoms with Gasteiger partial charge in [0.2, 0.25) is 0 Å². The van der Waals surface area contributed by atoms with Crippen LogP contribution in [0.2, 0.25) is 0 Å². The molecule has 0 radical (unpaired) electrons. The lowest BCUT2D eigenvalue weighted by Gasteiger charge is -2.14. The summed E-state index contributed by atoms with van der Waals surface area (Å²) in [5.74, 6) is -2.41. The zero-order chi connectivity index (χ0) is 11.1. The minimum absolute atomic E-state index is 0.0119. The average molecular weight is 219 g/mol. The molecule has 90 valence electrons. The number of alkyl halides is 2. The van der Waals surface area contributed by atoms with Crippen LogP contribution in [0.4, 0.5) is 8.78 Å². The van der Waals surface area contributed by atoms with Gasteiger partial charge >= 0.3 is 0 Å². The van der Waals surface area contributed by atoms with Crippen molar-refractivity contribution < 1.29 is 8.78 Å². The molecule has 3 heteroatoms. The van der Waals surface area contributed by atoms with Crippen LogP contribution in [-0.2, 0) is 0 Å². The van der Waals surface area contributed by atoms with Crippen LogP contribution in [0.5, 0.6) is 0 Å². The second kappa shape index (κ2) is 6.41. The molecular weight excluding hydrogens is 196 g/mol. The maximum Gasteiger partial charge on any atom is 0.261 e. The highest BCUT2D eigenvalue weighted by molar-refractivity contribution is 4.81. The van der Waals surface area contributed by atoms with Crippen LogP contribution in [0.3, 0.4) is 0 Å². The third kappa shape index (κ3) is 5.45. The molecule has 0 bridgehead atoms. The summed E-state index contributed by atoms with van der Waals surface area (Å²) < 4.78 is 25.7. The predicted octanol–water partition coefficient (Wildman–Crippen LogP) is 3.69. The van der Waals surface area contributed by atoms with Gasteiger partial charge in [0.1, 0.15) is 0 Å². The largest absolute Gasteiger partial charge is 0.297 e. The Balaban J connectivity index is 1.93. The lowest BCUT2D eigenvalue weighted by Crippen LogP contribution is -2.26. The zero-order valence-corrected chi connectivity index (χ0v) is 9.77. The van der Waals surface area contributed by atoms with Crippen molar-refractivity contribution in [3.8, 4) is 0 Å². The fraction of sp³-hybridized carbons (Fsp3) is 1.00. The smallest absolute Gasteiger partial charge is 0.261 e. The third-order valence-electron chi connectivity index (χ3n) is 3.08. The molecule has 0 aromatic carbocycles. The highest BCUT2D eigenvalue weighted by Gasteiger charge is 2.37. The van der Waals surface area contributed by atoms with Gasteiger partial charge in [0, 0.05) is 13.0 Å². The Hall–Kier alpha value is -0.180. The second-order valence-corrected chi connectivity index (χ2v) is 4.65. The summed E-state index contributed by atoms with van der Waals surface area (Å²) in [6.45, 7) is 3.64. The second-order valence-electron chi connectivity index (χ2n) is 4.65. The normalized spacial score (nSPS) is 21.0. The molecule has 0 spiro atoms. The molecule has 1 heterocycles. The SMILES string of the molecule is CCCCCCCCN1CCC(F)(F)C1. The Morgan fingerprint density at radius 1 is 1.07 bits per heavy atom. The van der Waals surface area contributed by atoms with Gasteiger partial charge in [-0.15, -0.1) is 0 Å². The summed E-state index contributed by atoms with van der Waals surface area (Å²) in [4.78, 5) is 1.90. The van der Waals surface area contributed by atoms with Crippen LogP contribution >= 0.6 is 0 Å². The van der Waals surface area contributed by atoms with E-state index in [4.69, 9.17) is 0 Å². The van der Waals surface area contributed by atoms with E-state index < -0.39 is 5.92 Å². The maximum absolute atomic E-state index is 12.8. The third-order valence-corrected chi connectivity index (χ3v) is 3.08. The van der Waals surface area contributed by atoms with Crippen molar-refractivity contribution in [1.82, 2.24) is 4.90 Å². The lowest BCUT2D eigenvalue weighted by atomic mass is 10.1. The quantitative estimate of drug-likeness (QED) is 0.590. The number of likely N-dealkylation sites (tertiary alicyclic amines) is 1. The molecule has 0 aliphatic carbocycles. The van der Waals surface area contributed by atoms with E-state index in [-0.39, 0.29) is 13.0 Å². The molecule has 0 amide bonds. The summed E-state index contributed by atoms with van der Waals surface area (Å²) in [7, 11) is 0. The summed E-state index contributed by atoms with van der Waals surface area (Å²) in [6.07, 6.45) is 7.47. The van der Waals surface area contributed by atoms with E-state index in [2.05, 4.69) is 6.92 Å². The van der Waals surface area contributed by atoms with Crippen molar-refractivity contribution in [2.24, 2.45) is 0 Å². The van der Waals surface area contributed by atoms with Gasteiger partial charge in [-0.3, -0.25) is 4.90 Å². The lowest BCUT2D eigenvalue weighted by molar-refractivity contribution is 0.0121. The van der Waals surface area contributed by atoms with E-state index in [1.165, 1.54) is 32.1 Å². The molecule has 1 saturated heterocycles. The van der Waals surface area contributed by atoms with Crippen LogP contribution in [0, 0.1) is 0 Å². The highest BCUT2D eigenvalue weighted by Crippen LogP contribution is 2.26. The van der Waals surface area contributed by atoms with Crippen LogP contribution in [0.1, 0.15) is 51.9 Å². The molecule has 1 rings (SSSR count). The molecule has 0 saturated carbocycles. The van der Waals surface area contributed by atoms with Crippen LogP contribution in [-0.4, -0.2) is 30.5 Å². The fourth-order valence-electron chi connectivity index (χ4n) is 2.11. The number of hydrogen-bond acceptors (Lipinski definition) is 1. The van der Waals surface area contributed by atoms with E-state index in [1.54, 1.807) is 0 Å². The number of halogens is 2. The molecule has 0 unspecified atom stereocenters. The van der Waals surface area contributed by atoms with Gasteiger partial charge < -0.3 is 0 Å². The van der Waals surface area contributed by atoms with Gasteiger partial charge in [-0.25, -0.2) is 8.78 Å². The van der Waals surface area contributed by atoms with Crippen molar-refractivity contribution in [1.29, 1.82) is 0 Å². The van der Waals surface area contributed by atoms with Gasteiger partial charge in [-0.1, -0.05) is 39.0 Å². The van der Waals surface area contributed by atoms with Crippen molar-refractivity contribution in [3.63, 3.8) is 0 Å². The van der Waals surface area contributed by atoms with Gasteiger partial charge in [-0.05, 0) is 13.0 Å². The molecule has 15 heavy (non-hydrogen) atoms. The van der Waals surface area contributed by atoms with E-state index in [9.17, 15) is 8.78 Å². The van der Waals surface area contributed by atoms with E-state index in [0.29, 0.717) is 6.54 Å². The molecule has 1 aliphatic heterocycles. The van der Waals surface area contributed by atoms with Crippen molar-refractivity contribution in [3.05, 3.63) is 0 Å². The highest BCUT2D eigenvalue weighted by atomic mass is 19.3. The van der Waals surface area contributed by atoms with Crippen LogP contribution in [0.25, 0.3) is 0 Å². The standard InChI is InChI=1S/C12H23F2N/c1-2-3-4-5-6-7-9-15-10-8-12(13,14)11-15/h2-11H2,1H3. The monoisotopic (exact) mass is 219 g/mol. The average Bonchev–Trinajstić information content (AvgIpc) is 2.52. The molecular formula is C12H23F2N. The first kappa shape index (κ1) is 12.9. The Bertz CT molecular complexity index is 171. The minimum Gasteiger partial charge on any atom is -0.297 e. The molecule has 1 aliphatic rings. The Kier molecular flexibility index (Phi) is 5.51. The molecule has 0 N–H and O–H groups in total. The van der Waals surface area contributed by atoms with E-state index >= 15 is 0 Å². The molecule has 0 aromatic rings. The Morgan fingerprint density at radius 3 is 2.33 bits per heavy atom. The van der Waals surface area contributed by atoms with E-state index in [1.807, 2.05) is 4.90 Å². The van der Waals surface area contributed by atoms with Gasteiger partial charge in [0.15, 0.2) is 0 Å². The summed E-state index contributed by atoms with van der Waals surface area (Å²) >= 11 is 0. The molecule has 1 fully saturated rings. The van der Waals surface area contributed by atoms with E-state index in [0.717, 1.165) is 13.0 Å². The summed E-state index contributed by atoms with van der Waals surface area (Å²) in [5.41, 5.74) is 0. The minimum atomic E-state index is -2.41. The number of unbranched alkanes of at least 4 members (excludes halogenated alkanes) is 5. The Labute approximate surface area is 91.8 Å². The molecule has 0 atom stereocenters. The first-order chi connectivity index (χ1) is 7.14. The van der Waals surface area contributed by atoms with Gasteiger partial charge in [-0.2, -0.15) is 0 Å². The fourth-order valence-corrected chi connectivity index (χ4v) is 2.11. The van der Waals surface area contributed by atoms with Crippen LogP contribution < -0.4 is 0 Å². The maximum atomic E-state index is 12.8. The molecule has 1 nitrogen and oxygen atoms in total. The molecule has 0 aromatic heterocycles. The van der Waals surface area contributed by atoms with Crippen molar-refractivity contribution >= 4 is 0 Å². The van der Waals surface area contributed by atoms with Crippen molar-refractivity contribution in [2.45, 2.75) is 57.8 Å². The summed E-state index contributed by atoms with van der Waals surface area (Å²) in [6, 6.07) is 0. The summed E-state index contributed by atoms with van der Waals surface area (Å²) in [5, 5.41) is 0. The van der Waals surface area contributed by atoms with Crippen LogP contribution in [0.15, 0.2) is 0 Å². The topological polar surface area (TPSA) is 3.24 Å². The number of hydrogen-bond donors (Lipinski definition) is 0. The van der Waals surface area contributed by atoms with Gasteiger partial charge in [0.05, 0.1) is 6.54 Å². The first-order valence-electron chi connectivity index (χ1n) is 6.24. The predicted molar refractivity (Wildman–Crippen MR) is 59.4 cm³/mol. The van der Waals surface area contributed by atoms with Gasteiger partial charge in [0.25, 0.3) is 5.92 Å². The zero-order valence-electron chi connectivity index (χ0n) is 9.77. The number of rotatable bonds is 7.